The summed E-state index contributed by atoms with van der Waals surface area (Å²) < 4.78 is 12.9. The minimum atomic E-state index is -0.711. The lowest BCUT2D eigenvalue weighted by molar-refractivity contribution is 0.0669. The zero-order valence-electron chi connectivity index (χ0n) is 9.43. The second-order valence-corrected chi connectivity index (χ2v) is 3.98. The van der Waals surface area contributed by atoms with Gasteiger partial charge in [0, 0.05) is 13.1 Å². The van der Waals surface area contributed by atoms with Gasteiger partial charge in [-0.1, -0.05) is 12.1 Å². The molecule has 0 saturated carbocycles. The van der Waals surface area contributed by atoms with Gasteiger partial charge < -0.3 is 15.1 Å². The summed E-state index contributed by atoms with van der Waals surface area (Å²) in [6.07, 6.45) is 0.0179. The highest BCUT2D eigenvalue weighted by atomic mass is 19.1. The van der Waals surface area contributed by atoms with Crippen LogP contribution in [-0.4, -0.2) is 48.0 Å². The average molecular weight is 227 g/mol. The van der Waals surface area contributed by atoms with Gasteiger partial charge in [0.1, 0.15) is 5.82 Å². The quantitative estimate of drug-likeness (QED) is 0.750. The molecule has 0 radical (unpaired) electrons. The van der Waals surface area contributed by atoms with E-state index in [-0.39, 0.29) is 12.4 Å². The third kappa shape index (κ3) is 4.70. The van der Waals surface area contributed by atoms with Crippen molar-refractivity contribution in [3.8, 4) is 0 Å². The summed E-state index contributed by atoms with van der Waals surface area (Å²) >= 11 is 0. The molecule has 1 unspecified atom stereocenters. The Labute approximate surface area is 95.1 Å². The van der Waals surface area contributed by atoms with Crippen LogP contribution < -0.4 is 0 Å². The van der Waals surface area contributed by atoms with E-state index in [2.05, 4.69) is 0 Å². The molecule has 16 heavy (non-hydrogen) atoms. The predicted molar refractivity (Wildman–Crippen MR) is 60.7 cm³/mol. The fraction of sp³-hybridized carbons (Fsp3) is 0.500. The van der Waals surface area contributed by atoms with Crippen LogP contribution in [0.15, 0.2) is 24.3 Å². The minimum Gasteiger partial charge on any atom is -0.394 e. The lowest BCUT2D eigenvalue weighted by Crippen LogP contribution is -2.32. The highest BCUT2D eigenvalue weighted by molar-refractivity contribution is 5.16. The molecule has 0 heterocycles. The molecule has 0 aliphatic carbocycles. The molecule has 1 rings (SSSR count). The van der Waals surface area contributed by atoms with Crippen molar-refractivity contribution < 1.29 is 14.6 Å². The van der Waals surface area contributed by atoms with Crippen LogP contribution in [0.5, 0.6) is 0 Å². The van der Waals surface area contributed by atoms with Crippen LogP contribution in [0.4, 0.5) is 4.39 Å². The Morgan fingerprint density at radius 1 is 1.44 bits per heavy atom. The van der Waals surface area contributed by atoms with Gasteiger partial charge in [-0.15, -0.1) is 0 Å². The molecule has 0 aromatic heterocycles. The van der Waals surface area contributed by atoms with E-state index >= 15 is 0 Å². The number of aliphatic hydroxyl groups excluding tert-OH is 2. The Hall–Kier alpha value is -0.970. The van der Waals surface area contributed by atoms with Gasteiger partial charge in [0.05, 0.1) is 12.7 Å². The molecule has 0 amide bonds. The molecule has 3 nitrogen and oxygen atoms in total. The van der Waals surface area contributed by atoms with Crippen LogP contribution in [0.25, 0.3) is 0 Å². The first-order chi connectivity index (χ1) is 7.61. The van der Waals surface area contributed by atoms with Gasteiger partial charge in [-0.05, 0) is 31.2 Å². The highest BCUT2D eigenvalue weighted by Gasteiger charge is 2.06. The summed E-state index contributed by atoms with van der Waals surface area (Å²) in [5, 5.41) is 17.9. The summed E-state index contributed by atoms with van der Waals surface area (Å²) in [6.45, 7) is 0.913. The molecule has 1 aromatic rings. The van der Waals surface area contributed by atoms with Crippen LogP contribution in [-0.2, 0) is 6.42 Å². The zero-order chi connectivity index (χ0) is 12.0. The average Bonchev–Trinajstić information content (AvgIpc) is 2.26. The van der Waals surface area contributed by atoms with Gasteiger partial charge in [0.15, 0.2) is 0 Å². The number of hydrogen-bond donors (Lipinski definition) is 2. The summed E-state index contributed by atoms with van der Waals surface area (Å²) in [4.78, 5) is 1.91. The molecule has 4 heteroatoms. The maximum absolute atomic E-state index is 12.9. The van der Waals surface area contributed by atoms with E-state index < -0.39 is 6.10 Å². The minimum absolute atomic E-state index is 0.226. The molecule has 2 N–H and O–H groups in total. The van der Waals surface area contributed by atoms with Crippen LogP contribution in [0.3, 0.4) is 0 Å². The van der Waals surface area contributed by atoms with Crippen molar-refractivity contribution in [2.75, 3.05) is 26.7 Å². The number of aliphatic hydroxyl groups is 2. The van der Waals surface area contributed by atoms with E-state index in [1.807, 2.05) is 18.0 Å². The van der Waals surface area contributed by atoms with E-state index in [4.69, 9.17) is 5.11 Å². The fourth-order valence-corrected chi connectivity index (χ4v) is 1.52. The second-order valence-electron chi connectivity index (χ2n) is 3.98. The van der Waals surface area contributed by atoms with E-state index in [1.54, 1.807) is 6.07 Å². The first-order valence-electron chi connectivity index (χ1n) is 5.33. The third-order valence-electron chi connectivity index (χ3n) is 2.40. The first kappa shape index (κ1) is 13.1. The molecule has 0 spiro atoms. The topological polar surface area (TPSA) is 43.7 Å². The van der Waals surface area contributed by atoms with Gasteiger partial charge >= 0.3 is 0 Å². The number of benzene rings is 1. The zero-order valence-corrected chi connectivity index (χ0v) is 9.43. The van der Waals surface area contributed by atoms with Crippen molar-refractivity contribution >= 4 is 0 Å². The third-order valence-corrected chi connectivity index (χ3v) is 2.40. The summed E-state index contributed by atoms with van der Waals surface area (Å²) in [7, 11) is 1.86. The molecular formula is C12H18FNO2. The molecule has 1 aromatic carbocycles. The van der Waals surface area contributed by atoms with E-state index in [9.17, 15) is 9.50 Å². The van der Waals surface area contributed by atoms with Crippen LogP contribution in [0.2, 0.25) is 0 Å². The lowest BCUT2D eigenvalue weighted by atomic mass is 10.1. The van der Waals surface area contributed by atoms with E-state index in [1.165, 1.54) is 12.1 Å². The maximum atomic E-state index is 12.9. The lowest BCUT2D eigenvalue weighted by Gasteiger charge is -2.19. The van der Waals surface area contributed by atoms with Gasteiger partial charge in [-0.2, -0.15) is 0 Å². The second kappa shape index (κ2) is 6.58. The molecule has 1 atom stereocenters. The standard InChI is InChI=1S/C12H18FNO2/c1-14(8-12(16)9-15)6-5-10-3-2-4-11(13)7-10/h2-4,7,12,15-16H,5-6,8-9H2,1H3. The summed E-state index contributed by atoms with van der Waals surface area (Å²) in [5.74, 6) is -0.226. The van der Waals surface area contributed by atoms with Crippen molar-refractivity contribution in [3.05, 3.63) is 35.6 Å². The highest BCUT2D eigenvalue weighted by Crippen LogP contribution is 2.04. The molecule has 0 aliphatic heterocycles. The van der Waals surface area contributed by atoms with Crippen molar-refractivity contribution in [1.29, 1.82) is 0 Å². The largest absolute Gasteiger partial charge is 0.394 e. The SMILES string of the molecule is CN(CCc1cccc(F)c1)CC(O)CO. The molecule has 0 aliphatic rings. The van der Waals surface area contributed by atoms with Crippen molar-refractivity contribution in [2.24, 2.45) is 0 Å². The number of likely N-dealkylation sites (N-methyl/N-ethyl adjacent to an activating group) is 1. The predicted octanol–water partition coefficient (Wildman–Crippen LogP) is 0.653. The van der Waals surface area contributed by atoms with Gasteiger partial charge in [0.2, 0.25) is 0 Å². The Morgan fingerprint density at radius 2 is 2.19 bits per heavy atom. The molecule has 0 saturated heterocycles. The molecule has 90 valence electrons. The normalized spacial score (nSPS) is 13.1. The van der Waals surface area contributed by atoms with E-state index in [0.717, 1.165) is 18.5 Å². The smallest absolute Gasteiger partial charge is 0.123 e. The molecule has 0 bridgehead atoms. The molecule has 0 fully saturated rings. The fourth-order valence-electron chi connectivity index (χ4n) is 1.52. The monoisotopic (exact) mass is 227 g/mol. The van der Waals surface area contributed by atoms with Gasteiger partial charge in [-0.3, -0.25) is 0 Å². The number of rotatable bonds is 6. The van der Waals surface area contributed by atoms with Crippen molar-refractivity contribution in [1.82, 2.24) is 4.90 Å². The van der Waals surface area contributed by atoms with Crippen LogP contribution in [0.1, 0.15) is 5.56 Å². The van der Waals surface area contributed by atoms with Gasteiger partial charge in [-0.25, -0.2) is 4.39 Å². The Kier molecular flexibility index (Phi) is 5.38. The molecular weight excluding hydrogens is 209 g/mol. The Morgan fingerprint density at radius 3 is 2.81 bits per heavy atom. The summed E-state index contributed by atoms with van der Waals surface area (Å²) in [6, 6.07) is 6.49. The number of halogens is 1. The first-order valence-corrected chi connectivity index (χ1v) is 5.33. The number of nitrogens with zero attached hydrogens (tertiary/aromatic N) is 1. The number of hydrogen-bond acceptors (Lipinski definition) is 3. The van der Waals surface area contributed by atoms with Crippen LogP contribution >= 0.6 is 0 Å². The van der Waals surface area contributed by atoms with Crippen molar-refractivity contribution in [2.45, 2.75) is 12.5 Å². The Balaban J connectivity index is 2.34. The Bertz CT molecular complexity index is 320. The van der Waals surface area contributed by atoms with Crippen LogP contribution in [0, 0.1) is 5.82 Å². The summed E-state index contributed by atoms with van der Waals surface area (Å²) in [5.41, 5.74) is 0.935. The van der Waals surface area contributed by atoms with Crippen molar-refractivity contribution in [3.63, 3.8) is 0 Å². The van der Waals surface area contributed by atoms with E-state index in [0.29, 0.717) is 6.54 Å². The maximum Gasteiger partial charge on any atom is 0.123 e. The van der Waals surface area contributed by atoms with Gasteiger partial charge in [0.25, 0.3) is 0 Å².